The monoisotopic (exact) mass is 291 g/mol. The van der Waals surface area contributed by atoms with Crippen molar-refractivity contribution in [1.29, 1.82) is 0 Å². The van der Waals surface area contributed by atoms with Crippen LogP contribution in [-0.4, -0.2) is 54.7 Å². The smallest absolute Gasteiger partial charge is 0.255 e. The number of aromatic nitrogens is 1. The summed E-state index contributed by atoms with van der Waals surface area (Å²) in [6.45, 7) is 3.74. The maximum atomic E-state index is 12.5. The fraction of sp³-hybridized carbons (Fsp3) is 0.625. The van der Waals surface area contributed by atoms with Crippen molar-refractivity contribution in [2.45, 2.75) is 26.2 Å². The second-order valence-electron chi connectivity index (χ2n) is 6.10. The number of anilines is 1. The lowest BCUT2D eigenvalue weighted by molar-refractivity contribution is 0.0338. The lowest BCUT2D eigenvalue weighted by Crippen LogP contribution is -2.44. The van der Waals surface area contributed by atoms with Crippen molar-refractivity contribution in [3.63, 3.8) is 0 Å². The van der Waals surface area contributed by atoms with E-state index >= 15 is 0 Å². The largest absolute Gasteiger partial charge is 0.396 e. The Morgan fingerprint density at radius 2 is 2.05 bits per heavy atom. The highest BCUT2D eigenvalue weighted by Crippen LogP contribution is 2.34. The zero-order valence-corrected chi connectivity index (χ0v) is 13.2. The fourth-order valence-electron chi connectivity index (χ4n) is 2.77. The van der Waals surface area contributed by atoms with Crippen molar-refractivity contribution in [2.75, 3.05) is 38.7 Å². The highest BCUT2D eigenvalue weighted by atomic mass is 16.3. The molecule has 1 saturated heterocycles. The molecule has 2 heterocycles. The molecular weight excluding hydrogens is 266 g/mol. The number of amides is 1. The Morgan fingerprint density at radius 1 is 1.38 bits per heavy atom. The van der Waals surface area contributed by atoms with Gasteiger partial charge in [0.25, 0.3) is 5.91 Å². The lowest BCUT2D eigenvalue weighted by Gasteiger charge is -2.40. The molecule has 1 amide bonds. The molecule has 0 bridgehead atoms. The highest BCUT2D eigenvalue weighted by molar-refractivity contribution is 5.94. The first-order chi connectivity index (χ1) is 10.0. The molecule has 1 aromatic heterocycles. The van der Waals surface area contributed by atoms with Gasteiger partial charge < -0.3 is 14.9 Å². The van der Waals surface area contributed by atoms with Crippen LogP contribution in [0.3, 0.4) is 0 Å². The Kier molecular flexibility index (Phi) is 4.83. The van der Waals surface area contributed by atoms with Crippen LogP contribution in [0.25, 0.3) is 0 Å². The van der Waals surface area contributed by atoms with Crippen molar-refractivity contribution >= 4 is 11.7 Å². The molecule has 2 rings (SSSR count). The Morgan fingerprint density at radius 3 is 2.48 bits per heavy atom. The second kappa shape index (κ2) is 6.43. The predicted octanol–water partition coefficient (Wildman–Crippen LogP) is 1.77. The maximum Gasteiger partial charge on any atom is 0.255 e. The molecule has 0 aromatic carbocycles. The standard InChI is InChI=1S/C16H25N3O2/c1-4-16(12-20)7-9-19(10-8-16)15(21)13-5-6-14(17-11-13)18(2)3/h5-6,11,20H,4,7-10,12H2,1-3H3. The molecule has 5 heteroatoms. The van der Waals surface area contributed by atoms with Crippen molar-refractivity contribution in [1.82, 2.24) is 9.88 Å². The molecule has 21 heavy (non-hydrogen) atoms. The highest BCUT2D eigenvalue weighted by Gasteiger charge is 2.34. The Balaban J connectivity index is 2.01. The number of hydrogen-bond acceptors (Lipinski definition) is 4. The number of pyridine rings is 1. The number of rotatable bonds is 4. The van der Waals surface area contributed by atoms with Crippen LogP contribution in [0.1, 0.15) is 36.5 Å². The second-order valence-corrected chi connectivity index (χ2v) is 6.10. The number of nitrogens with zero attached hydrogens (tertiary/aromatic N) is 3. The topological polar surface area (TPSA) is 56.7 Å². The fourth-order valence-corrected chi connectivity index (χ4v) is 2.77. The lowest BCUT2D eigenvalue weighted by atomic mass is 9.77. The normalized spacial score (nSPS) is 17.6. The number of carbonyl (C=O) groups is 1. The van der Waals surface area contributed by atoms with E-state index in [1.807, 2.05) is 36.0 Å². The van der Waals surface area contributed by atoms with E-state index in [2.05, 4.69) is 11.9 Å². The van der Waals surface area contributed by atoms with E-state index in [0.717, 1.165) is 25.1 Å². The summed E-state index contributed by atoms with van der Waals surface area (Å²) < 4.78 is 0. The van der Waals surface area contributed by atoms with E-state index in [0.29, 0.717) is 18.7 Å². The third-order valence-electron chi connectivity index (χ3n) is 4.65. The van der Waals surface area contributed by atoms with Crippen LogP contribution < -0.4 is 4.90 Å². The van der Waals surface area contributed by atoms with Crippen LogP contribution in [-0.2, 0) is 0 Å². The molecule has 116 valence electrons. The van der Waals surface area contributed by atoms with Gasteiger partial charge in [-0.1, -0.05) is 6.92 Å². The average molecular weight is 291 g/mol. The van der Waals surface area contributed by atoms with Gasteiger partial charge in [0.05, 0.1) is 5.56 Å². The van der Waals surface area contributed by atoms with Crippen LogP contribution in [0.15, 0.2) is 18.3 Å². The summed E-state index contributed by atoms with van der Waals surface area (Å²) in [4.78, 5) is 20.6. The molecule has 0 saturated carbocycles. The van der Waals surface area contributed by atoms with Crippen molar-refractivity contribution in [2.24, 2.45) is 5.41 Å². The number of aliphatic hydroxyl groups is 1. The summed E-state index contributed by atoms with van der Waals surface area (Å²) >= 11 is 0. The predicted molar refractivity (Wildman–Crippen MR) is 83.5 cm³/mol. The summed E-state index contributed by atoms with van der Waals surface area (Å²) in [6.07, 6.45) is 4.35. The van der Waals surface area contributed by atoms with Crippen molar-refractivity contribution in [3.8, 4) is 0 Å². The molecule has 1 aromatic rings. The number of carbonyl (C=O) groups excluding carboxylic acids is 1. The first-order valence-electron chi connectivity index (χ1n) is 7.55. The van der Waals surface area contributed by atoms with Crippen LogP contribution in [0.4, 0.5) is 5.82 Å². The van der Waals surface area contributed by atoms with Crippen LogP contribution in [0, 0.1) is 5.41 Å². The van der Waals surface area contributed by atoms with Gasteiger partial charge in [0, 0.05) is 40.0 Å². The van der Waals surface area contributed by atoms with Gasteiger partial charge >= 0.3 is 0 Å². The van der Waals surface area contributed by atoms with E-state index in [1.54, 1.807) is 6.20 Å². The first-order valence-corrected chi connectivity index (χ1v) is 7.55. The van der Waals surface area contributed by atoms with E-state index < -0.39 is 0 Å². The van der Waals surface area contributed by atoms with Gasteiger partial charge in [0.1, 0.15) is 5.82 Å². The summed E-state index contributed by atoms with van der Waals surface area (Å²) in [7, 11) is 3.85. The quantitative estimate of drug-likeness (QED) is 0.918. The number of hydrogen-bond donors (Lipinski definition) is 1. The Bertz CT molecular complexity index is 471. The van der Waals surface area contributed by atoms with E-state index in [1.165, 1.54) is 0 Å². The zero-order valence-electron chi connectivity index (χ0n) is 13.2. The zero-order chi connectivity index (χ0) is 15.5. The van der Waals surface area contributed by atoms with Gasteiger partial charge in [-0.05, 0) is 36.8 Å². The molecule has 1 aliphatic rings. The molecule has 1 N–H and O–H groups in total. The molecular formula is C16H25N3O2. The summed E-state index contributed by atoms with van der Waals surface area (Å²) in [5.74, 6) is 0.880. The molecule has 1 aliphatic heterocycles. The Hall–Kier alpha value is -1.62. The third-order valence-corrected chi connectivity index (χ3v) is 4.65. The SMILES string of the molecule is CCC1(CO)CCN(C(=O)c2ccc(N(C)C)nc2)CC1. The van der Waals surface area contributed by atoms with Crippen LogP contribution in [0.5, 0.6) is 0 Å². The Labute approximate surface area is 126 Å². The molecule has 5 nitrogen and oxygen atoms in total. The van der Waals surface area contributed by atoms with Gasteiger partial charge in [-0.15, -0.1) is 0 Å². The van der Waals surface area contributed by atoms with Crippen molar-refractivity contribution < 1.29 is 9.90 Å². The summed E-state index contributed by atoms with van der Waals surface area (Å²) in [5.41, 5.74) is 0.637. The first kappa shape index (κ1) is 15.8. The minimum absolute atomic E-state index is 0.00378. The average Bonchev–Trinajstić information content (AvgIpc) is 2.54. The van der Waals surface area contributed by atoms with E-state index in [9.17, 15) is 9.90 Å². The van der Waals surface area contributed by atoms with Crippen LogP contribution >= 0.6 is 0 Å². The number of aliphatic hydroxyl groups excluding tert-OH is 1. The molecule has 0 spiro atoms. The summed E-state index contributed by atoms with van der Waals surface area (Å²) in [6, 6.07) is 3.69. The number of likely N-dealkylation sites (tertiary alicyclic amines) is 1. The molecule has 1 fully saturated rings. The maximum absolute atomic E-state index is 12.5. The van der Waals surface area contributed by atoms with E-state index in [4.69, 9.17) is 0 Å². The van der Waals surface area contributed by atoms with Gasteiger partial charge in [0.2, 0.25) is 0 Å². The van der Waals surface area contributed by atoms with Gasteiger partial charge in [-0.3, -0.25) is 4.79 Å². The van der Waals surface area contributed by atoms with E-state index in [-0.39, 0.29) is 17.9 Å². The van der Waals surface area contributed by atoms with Crippen molar-refractivity contribution in [3.05, 3.63) is 23.9 Å². The third kappa shape index (κ3) is 3.35. The molecule has 0 radical (unpaired) electrons. The van der Waals surface area contributed by atoms with Gasteiger partial charge in [-0.25, -0.2) is 4.98 Å². The number of piperidine rings is 1. The van der Waals surface area contributed by atoms with Gasteiger partial charge in [0.15, 0.2) is 0 Å². The molecule has 0 aliphatic carbocycles. The minimum atomic E-state index is 0.00378. The van der Waals surface area contributed by atoms with Gasteiger partial charge in [-0.2, -0.15) is 0 Å². The summed E-state index contributed by atoms with van der Waals surface area (Å²) in [5, 5.41) is 9.55. The van der Waals surface area contributed by atoms with Crippen LogP contribution in [0.2, 0.25) is 0 Å². The minimum Gasteiger partial charge on any atom is -0.396 e. The molecule has 0 atom stereocenters. The molecule has 0 unspecified atom stereocenters.